The van der Waals surface area contributed by atoms with Gasteiger partial charge in [-0.05, 0) is 24.3 Å². The minimum absolute atomic E-state index is 0.0701. The van der Waals surface area contributed by atoms with Gasteiger partial charge in [0.05, 0.1) is 24.3 Å². The quantitative estimate of drug-likeness (QED) is 0.719. The van der Waals surface area contributed by atoms with Gasteiger partial charge in [-0.25, -0.2) is 17.5 Å². The molecule has 136 valence electrons. The van der Waals surface area contributed by atoms with Gasteiger partial charge in [0.25, 0.3) is 0 Å². The number of carbonyl (C=O) groups excluding carboxylic acids is 1. The van der Waals surface area contributed by atoms with Crippen LogP contribution in [0.2, 0.25) is 0 Å². The average Bonchev–Trinajstić information content (AvgIpc) is 2.65. The maximum atomic E-state index is 12.4. The number of ether oxygens (including phenoxy) is 2. The number of esters is 1. The first-order chi connectivity index (χ1) is 12.3. The van der Waals surface area contributed by atoms with Gasteiger partial charge in [0.15, 0.2) is 0 Å². The molecule has 0 spiro atoms. The van der Waals surface area contributed by atoms with Gasteiger partial charge in [-0.3, -0.25) is 0 Å². The molecular formula is C18H18N2O5S. The SMILES string of the molecule is COc1ccc(C(=O)OCc2ccccc2C#N)cc1S(=O)(=O)N(C)C. The largest absolute Gasteiger partial charge is 0.495 e. The Hall–Kier alpha value is -2.89. The smallest absolute Gasteiger partial charge is 0.338 e. The lowest BCUT2D eigenvalue weighted by Crippen LogP contribution is -2.23. The number of benzene rings is 2. The van der Waals surface area contributed by atoms with Crippen LogP contribution in [0.25, 0.3) is 0 Å². The van der Waals surface area contributed by atoms with E-state index in [4.69, 9.17) is 14.7 Å². The molecule has 0 radical (unpaired) electrons. The van der Waals surface area contributed by atoms with Crippen LogP contribution in [0.5, 0.6) is 5.75 Å². The van der Waals surface area contributed by atoms with E-state index in [9.17, 15) is 13.2 Å². The van der Waals surface area contributed by atoms with Crippen molar-refractivity contribution in [3.05, 3.63) is 59.2 Å². The molecule has 0 bridgehead atoms. The van der Waals surface area contributed by atoms with Crippen LogP contribution in [0.15, 0.2) is 47.4 Å². The summed E-state index contributed by atoms with van der Waals surface area (Å²) < 4.78 is 36.1. The van der Waals surface area contributed by atoms with E-state index >= 15 is 0 Å². The van der Waals surface area contributed by atoms with Crippen molar-refractivity contribution in [3.63, 3.8) is 0 Å². The minimum Gasteiger partial charge on any atom is -0.495 e. The number of hydrogen-bond donors (Lipinski definition) is 0. The van der Waals surface area contributed by atoms with Crippen molar-refractivity contribution in [1.29, 1.82) is 5.26 Å². The molecule has 7 nitrogen and oxygen atoms in total. The summed E-state index contributed by atoms with van der Waals surface area (Å²) in [6.07, 6.45) is 0. The first kappa shape index (κ1) is 19.4. The number of nitrogens with zero attached hydrogens (tertiary/aromatic N) is 2. The third-order valence-electron chi connectivity index (χ3n) is 3.65. The highest BCUT2D eigenvalue weighted by atomic mass is 32.2. The first-order valence-electron chi connectivity index (χ1n) is 7.57. The maximum Gasteiger partial charge on any atom is 0.338 e. The molecule has 0 N–H and O–H groups in total. The highest BCUT2D eigenvalue weighted by molar-refractivity contribution is 7.89. The second-order valence-electron chi connectivity index (χ2n) is 5.50. The van der Waals surface area contributed by atoms with Crippen LogP contribution in [-0.4, -0.2) is 39.9 Å². The van der Waals surface area contributed by atoms with Crippen molar-refractivity contribution in [2.45, 2.75) is 11.5 Å². The van der Waals surface area contributed by atoms with Gasteiger partial charge in [0.2, 0.25) is 10.0 Å². The lowest BCUT2D eigenvalue weighted by atomic mass is 10.1. The Morgan fingerprint density at radius 3 is 2.50 bits per heavy atom. The molecule has 0 amide bonds. The van der Waals surface area contributed by atoms with Crippen LogP contribution in [0.1, 0.15) is 21.5 Å². The van der Waals surface area contributed by atoms with Crippen LogP contribution >= 0.6 is 0 Å². The highest BCUT2D eigenvalue weighted by Crippen LogP contribution is 2.27. The number of rotatable bonds is 6. The molecule has 26 heavy (non-hydrogen) atoms. The predicted molar refractivity (Wildman–Crippen MR) is 94.1 cm³/mol. The van der Waals surface area contributed by atoms with E-state index in [1.54, 1.807) is 24.3 Å². The monoisotopic (exact) mass is 374 g/mol. The molecule has 0 saturated carbocycles. The molecule has 0 aromatic heterocycles. The average molecular weight is 374 g/mol. The summed E-state index contributed by atoms with van der Waals surface area (Å²) in [7, 11) is 0.327. The number of methoxy groups -OCH3 is 1. The Kier molecular flexibility index (Phi) is 5.97. The topological polar surface area (TPSA) is 96.7 Å². The van der Waals surface area contributed by atoms with Crippen molar-refractivity contribution >= 4 is 16.0 Å². The highest BCUT2D eigenvalue weighted by Gasteiger charge is 2.24. The summed E-state index contributed by atoms with van der Waals surface area (Å²) in [6.45, 7) is -0.0929. The second-order valence-corrected chi connectivity index (χ2v) is 7.62. The molecule has 0 saturated heterocycles. The molecule has 0 unspecified atom stereocenters. The molecule has 0 fully saturated rings. The number of nitriles is 1. The fraction of sp³-hybridized carbons (Fsp3) is 0.222. The summed E-state index contributed by atoms with van der Waals surface area (Å²) in [6, 6.07) is 12.8. The Balaban J connectivity index is 2.29. The lowest BCUT2D eigenvalue weighted by molar-refractivity contribution is 0.0472. The number of carbonyl (C=O) groups is 1. The molecular weight excluding hydrogens is 356 g/mol. The molecule has 0 aliphatic heterocycles. The van der Waals surface area contributed by atoms with Crippen LogP contribution < -0.4 is 4.74 Å². The summed E-state index contributed by atoms with van der Waals surface area (Å²) in [4.78, 5) is 12.2. The van der Waals surface area contributed by atoms with Crippen molar-refractivity contribution < 1.29 is 22.7 Å². The normalized spacial score (nSPS) is 11.0. The zero-order valence-corrected chi connectivity index (χ0v) is 15.4. The maximum absolute atomic E-state index is 12.4. The summed E-state index contributed by atoms with van der Waals surface area (Å²) in [5.41, 5.74) is 1.05. The molecule has 0 aliphatic rings. The van der Waals surface area contributed by atoms with Crippen LogP contribution in [0, 0.1) is 11.3 Å². The number of hydrogen-bond acceptors (Lipinski definition) is 6. The van der Waals surface area contributed by atoms with Crippen molar-refractivity contribution in [1.82, 2.24) is 4.31 Å². The van der Waals surface area contributed by atoms with Crippen molar-refractivity contribution in [2.75, 3.05) is 21.2 Å². The summed E-state index contributed by atoms with van der Waals surface area (Å²) in [5.74, 6) is -0.569. The molecule has 0 aliphatic carbocycles. The van der Waals surface area contributed by atoms with E-state index in [0.717, 1.165) is 4.31 Å². The minimum atomic E-state index is -3.80. The lowest BCUT2D eigenvalue weighted by Gasteiger charge is -2.15. The van der Waals surface area contributed by atoms with Crippen LogP contribution in [0.3, 0.4) is 0 Å². The molecule has 2 aromatic rings. The Morgan fingerprint density at radius 2 is 1.88 bits per heavy atom. The van der Waals surface area contributed by atoms with Crippen molar-refractivity contribution in [3.8, 4) is 11.8 Å². The molecule has 2 aromatic carbocycles. The summed E-state index contributed by atoms with van der Waals surface area (Å²) in [5, 5.41) is 9.06. The van der Waals surface area contributed by atoms with E-state index < -0.39 is 16.0 Å². The van der Waals surface area contributed by atoms with Crippen LogP contribution in [-0.2, 0) is 21.4 Å². The van der Waals surface area contributed by atoms with Gasteiger partial charge in [-0.1, -0.05) is 18.2 Å². The molecule has 8 heteroatoms. The Morgan fingerprint density at radius 1 is 1.19 bits per heavy atom. The van der Waals surface area contributed by atoms with Gasteiger partial charge < -0.3 is 9.47 Å². The zero-order valence-electron chi connectivity index (χ0n) is 14.6. The van der Waals surface area contributed by atoms with E-state index in [-0.39, 0.29) is 22.8 Å². The fourth-order valence-corrected chi connectivity index (χ4v) is 3.26. The van der Waals surface area contributed by atoms with E-state index in [1.165, 1.54) is 39.4 Å². The Bertz CT molecular complexity index is 962. The third kappa shape index (κ3) is 4.02. The Labute approximate surface area is 152 Å². The summed E-state index contributed by atoms with van der Waals surface area (Å²) >= 11 is 0. The van der Waals surface area contributed by atoms with Gasteiger partial charge in [0.1, 0.15) is 17.3 Å². The van der Waals surface area contributed by atoms with Gasteiger partial charge in [-0.2, -0.15) is 5.26 Å². The first-order valence-corrected chi connectivity index (χ1v) is 9.01. The van der Waals surface area contributed by atoms with Gasteiger partial charge in [-0.15, -0.1) is 0 Å². The fourth-order valence-electron chi connectivity index (χ4n) is 2.18. The van der Waals surface area contributed by atoms with E-state index in [0.29, 0.717) is 11.1 Å². The molecule has 2 rings (SSSR count). The standard InChI is InChI=1S/C18H18N2O5S/c1-20(2)26(22,23)17-10-13(8-9-16(17)24-3)18(21)25-12-15-7-5-4-6-14(15)11-19/h4-10H,12H2,1-3H3. The van der Waals surface area contributed by atoms with E-state index in [2.05, 4.69) is 0 Å². The second kappa shape index (κ2) is 7.99. The third-order valence-corrected chi connectivity index (χ3v) is 5.49. The predicted octanol–water partition coefficient (Wildman–Crippen LogP) is 2.17. The molecule has 0 atom stereocenters. The number of sulfonamides is 1. The molecule has 0 heterocycles. The van der Waals surface area contributed by atoms with Crippen LogP contribution in [0.4, 0.5) is 0 Å². The van der Waals surface area contributed by atoms with E-state index in [1.807, 2.05) is 6.07 Å². The van der Waals surface area contributed by atoms with Gasteiger partial charge >= 0.3 is 5.97 Å². The van der Waals surface area contributed by atoms with Crippen molar-refractivity contribution in [2.24, 2.45) is 0 Å². The zero-order chi connectivity index (χ0) is 19.3. The van der Waals surface area contributed by atoms with Gasteiger partial charge in [0, 0.05) is 19.7 Å².